The Morgan fingerprint density at radius 2 is 1.89 bits per heavy atom. The molecule has 1 aromatic carbocycles. The van der Waals surface area contributed by atoms with Crippen molar-refractivity contribution in [2.24, 2.45) is 0 Å². The Labute approximate surface area is 203 Å². The van der Waals surface area contributed by atoms with Gasteiger partial charge in [-0.15, -0.1) is 10.2 Å². The third-order valence-electron chi connectivity index (χ3n) is 6.69. The standard InChI is InChI=1S/C25H28N10/c1-17-30-31-25-23(26-2)28-21(16-34(17)25)24-29-20-7-6-19(33-11-9-32(3)10-12-33)13-22(20)35(24)15-18-5-4-8-27-14-18/h4-8,13-14,16H,9-12,15H2,1-3H3,(H,26,28). The second-order valence-corrected chi connectivity index (χ2v) is 9.01. The van der Waals surface area contributed by atoms with Crippen LogP contribution in [0.15, 0.2) is 48.9 Å². The van der Waals surface area contributed by atoms with E-state index in [1.165, 1.54) is 5.69 Å². The molecule has 10 heteroatoms. The number of imidazole rings is 1. The van der Waals surface area contributed by atoms with Crippen LogP contribution in [0.25, 0.3) is 28.2 Å². The molecule has 0 amide bonds. The number of aryl methyl sites for hydroxylation is 1. The van der Waals surface area contributed by atoms with E-state index in [2.05, 4.69) is 66.2 Å². The van der Waals surface area contributed by atoms with E-state index in [-0.39, 0.29) is 0 Å². The van der Waals surface area contributed by atoms with E-state index in [1.807, 2.05) is 36.8 Å². The van der Waals surface area contributed by atoms with Gasteiger partial charge >= 0.3 is 0 Å². The van der Waals surface area contributed by atoms with Crippen molar-refractivity contribution in [3.05, 3.63) is 60.3 Å². The molecule has 0 atom stereocenters. The maximum Gasteiger partial charge on any atom is 0.203 e. The first-order valence-electron chi connectivity index (χ1n) is 11.8. The van der Waals surface area contributed by atoms with Crippen molar-refractivity contribution in [1.29, 1.82) is 0 Å². The van der Waals surface area contributed by atoms with Crippen LogP contribution < -0.4 is 10.2 Å². The molecule has 0 unspecified atom stereocenters. The number of aromatic nitrogens is 7. The Balaban J connectivity index is 1.52. The molecule has 5 aromatic rings. The van der Waals surface area contributed by atoms with Gasteiger partial charge in [-0.3, -0.25) is 9.38 Å². The molecular formula is C25H28N10. The number of fused-ring (bicyclic) bond motifs is 2. The lowest BCUT2D eigenvalue weighted by atomic mass is 10.2. The van der Waals surface area contributed by atoms with Crippen LogP contribution in [0.2, 0.25) is 0 Å². The predicted molar refractivity (Wildman–Crippen MR) is 137 cm³/mol. The smallest absolute Gasteiger partial charge is 0.203 e. The highest BCUT2D eigenvalue weighted by Crippen LogP contribution is 2.30. The van der Waals surface area contributed by atoms with Crippen molar-refractivity contribution in [1.82, 2.24) is 39.0 Å². The fraction of sp³-hybridized carbons (Fsp3) is 0.320. The lowest BCUT2D eigenvalue weighted by Gasteiger charge is -2.34. The molecule has 0 radical (unpaired) electrons. The van der Waals surface area contributed by atoms with E-state index in [4.69, 9.17) is 9.97 Å². The topological polar surface area (TPSA) is 92.3 Å². The number of piperazine rings is 1. The van der Waals surface area contributed by atoms with E-state index in [1.54, 1.807) is 6.20 Å². The average Bonchev–Trinajstić information content (AvgIpc) is 3.44. The van der Waals surface area contributed by atoms with Crippen LogP contribution in [0.3, 0.4) is 0 Å². The number of hydrogen-bond acceptors (Lipinski definition) is 8. The summed E-state index contributed by atoms with van der Waals surface area (Å²) < 4.78 is 4.19. The molecule has 4 aromatic heterocycles. The molecule has 1 N–H and O–H groups in total. The number of benzene rings is 1. The predicted octanol–water partition coefficient (Wildman–Crippen LogP) is 2.69. The third kappa shape index (κ3) is 3.85. The van der Waals surface area contributed by atoms with Crippen molar-refractivity contribution < 1.29 is 0 Å². The molecule has 5 heterocycles. The molecule has 6 rings (SSSR count). The Morgan fingerprint density at radius 1 is 1.03 bits per heavy atom. The van der Waals surface area contributed by atoms with Crippen LogP contribution in [0, 0.1) is 6.92 Å². The molecule has 10 nitrogen and oxygen atoms in total. The summed E-state index contributed by atoms with van der Waals surface area (Å²) >= 11 is 0. The van der Waals surface area contributed by atoms with E-state index >= 15 is 0 Å². The zero-order chi connectivity index (χ0) is 23.9. The van der Waals surface area contributed by atoms with Gasteiger partial charge in [0.25, 0.3) is 0 Å². The highest BCUT2D eigenvalue weighted by molar-refractivity contribution is 5.84. The largest absolute Gasteiger partial charge is 0.370 e. The van der Waals surface area contributed by atoms with Crippen LogP contribution in [-0.2, 0) is 6.54 Å². The second-order valence-electron chi connectivity index (χ2n) is 9.01. The highest BCUT2D eigenvalue weighted by Gasteiger charge is 2.20. The lowest BCUT2D eigenvalue weighted by Crippen LogP contribution is -2.44. The summed E-state index contributed by atoms with van der Waals surface area (Å²) in [5.41, 5.74) is 5.79. The van der Waals surface area contributed by atoms with Crippen LogP contribution in [-0.4, -0.2) is 79.3 Å². The number of anilines is 2. The van der Waals surface area contributed by atoms with Gasteiger partial charge in [-0.05, 0) is 43.8 Å². The van der Waals surface area contributed by atoms with Gasteiger partial charge in [-0.25, -0.2) is 9.97 Å². The van der Waals surface area contributed by atoms with E-state index < -0.39 is 0 Å². The van der Waals surface area contributed by atoms with Gasteiger partial charge in [-0.2, -0.15) is 0 Å². The summed E-state index contributed by atoms with van der Waals surface area (Å²) in [6.45, 7) is 6.73. The summed E-state index contributed by atoms with van der Waals surface area (Å²) in [5.74, 6) is 2.26. The minimum atomic E-state index is 0.641. The van der Waals surface area contributed by atoms with Crippen LogP contribution in [0.4, 0.5) is 11.5 Å². The normalized spacial score (nSPS) is 14.8. The molecule has 1 aliphatic heterocycles. The average molecular weight is 469 g/mol. The highest BCUT2D eigenvalue weighted by atomic mass is 15.3. The first-order valence-corrected chi connectivity index (χ1v) is 11.8. The zero-order valence-corrected chi connectivity index (χ0v) is 20.2. The third-order valence-corrected chi connectivity index (χ3v) is 6.69. The van der Waals surface area contributed by atoms with Crippen LogP contribution in [0.5, 0.6) is 0 Å². The van der Waals surface area contributed by atoms with Crippen molar-refractivity contribution in [3.8, 4) is 11.5 Å². The van der Waals surface area contributed by atoms with E-state index in [0.29, 0.717) is 18.0 Å². The summed E-state index contributed by atoms with van der Waals surface area (Å²) in [6.07, 6.45) is 5.67. The molecule has 1 saturated heterocycles. The minimum Gasteiger partial charge on any atom is -0.370 e. The van der Waals surface area contributed by atoms with Crippen LogP contribution >= 0.6 is 0 Å². The number of likely N-dealkylation sites (N-methyl/N-ethyl adjacent to an activating group) is 1. The Bertz CT molecular complexity index is 1500. The van der Waals surface area contributed by atoms with E-state index in [9.17, 15) is 0 Å². The van der Waals surface area contributed by atoms with Gasteiger partial charge in [0.05, 0.1) is 17.6 Å². The molecule has 1 fully saturated rings. The molecule has 35 heavy (non-hydrogen) atoms. The SMILES string of the molecule is CNc1nc(-c2nc3ccc(N4CCN(C)CC4)cc3n2Cc2cccnc2)cn2c(C)nnc12. The number of hydrogen-bond donors (Lipinski definition) is 1. The summed E-state index contributed by atoms with van der Waals surface area (Å²) in [6, 6.07) is 10.6. The second kappa shape index (κ2) is 8.62. The molecule has 178 valence electrons. The van der Waals surface area contributed by atoms with Crippen molar-refractivity contribution in [2.75, 3.05) is 50.5 Å². The monoisotopic (exact) mass is 468 g/mol. The maximum atomic E-state index is 5.05. The van der Waals surface area contributed by atoms with Crippen molar-refractivity contribution in [3.63, 3.8) is 0 Å². The molecule has 0 aliphatic carbocycles. The van der Waals surface area contributed by atoms with Gasteiger partial charge in [0.1, 0.15) is 11.5 Å². The first-order chi connectivity index (χ1) is 17.1. The molecule has 0 bridgehead atoms. The number of nitrogens with zero attached hydrogens (tertiary/aromatic N) is 9. The van der Waals surface area contributed by atoms with Gasteiger partial charge in [-0.1, -0.05) is 6.07 Å². The molecule has 0 saturated carbocycles. The van der Waals surface area contributed by atoms with E-state index in [0.717, 1.165) is 60.1 Å². The summed E-state index contributed by atoms with van der Waals surface area (Å²) in [7, 11) is 4.02. The van der Waals surface area contributed by atoms with Gasteiger partial charge in [0.15, 0.2) is 11.6 Å². The van der Waals surface area contributed by atoms with Crippen LogP contribution in [0.1, 0.15) is 11.4 Å². The van der Waals surface area contributed by atoms with Gasteiger partial charge < -0.3 is 19.7 Å². The van der Waals surface area contributed by atoms with Crippen molar-refractivity contribution in [2.45, 2.75) is 13.5 Å². The minimum absolute atomic E-state index is 0.641. The van der Waals surface area contributed by atoms with Gasteiger partial charge in [0, 0.05) is 57.5 Å². The number of pyridine rings is 1. The number of rotatable bonds is 5. The maximum absolute atomic E-state index is 5.05. The fourth-order valence-corrected chi connectivity index (χ4v) is 4.68. The number of nitrogens with one attached hydrogen (secondary N) is 1. The van der Waals surface area contributed by atoms with Gasteiger partial charge in [0.2, 0.25) is 5.65 Å². The summed E-state index contributed by atoms with van der Waals surface area (Å²) in [5, 5.41) is 11.7. The lowest BCUT2D eigenvalue weighted by molar-refractivity contribution is 0.313. The molecule has 0 spiro atoms. The fourth-order valence-electron chi connectivity index (χ4n) is 4.68. The first kappa shape index (κ1) is 21.5. The zero-order valence-electron chi connectivity index (χ0n) is 20.2. The Kier molecular flexibility index (Phi) is 5.29. The molecular weight excluding hydrogens is 440 g/mol. The summed E-state index contributed by atoms with van der Waals surface area (Å²) in [4.78, 5) is 19.1. The Hall–Kier alpha value is -4.05. The Morgan fingerprint density at radius 3 is 2.66 bits per heavy atom. The molecule has 1 aliphatic rings. The quantitative estimate of drug-likeness (QED) is 0.421. The van der Waals surface area contributed by atoms with Crippen molar-refractivity contribution >= 4 is 28.2 Å².